The molecule has 3 amide bonds. The first-order valence-corrected chi connectivity index (χ1v) is 6.70. The van der Waals surface area contributed by atoms with Crippen LogP contribution in [0.3, 0.4) is 0 Å². The smallest absolute Gasteiger partial charge is 0.351 e. The molecular formula is C12H11F3N4O2S. The van der Waals surface area contributed by atoms with Crippen molar-refractivity contribution in [2.75, 3.05) is 0 Å². The second-order valence-corrected chi connectivity index (χ2v) is 5.54. The van der Waals surface area contributed by atoms with Crippen LogP contribution in [0.5, 0.6) is 0 Å². The number of rotatable bonds is 3. The normalized spacial score (nSPS) is 12.4. The molecule has 22 heavy (non-hydrogen) atoms. The van der Waals surface area contributed by atoms with E-state index in [0.717, 1.165) is 6.07 Å². The highest BCUT2D eigenvalue weighted by molar-refractivity contribution is 8.00. The van der Waals surface area contributed by atoms with Gasteiger partial charge in [-0.3, -0.25) is 10.1 Å². The lowest BCUT2D eigenvalue weighted by Gasteiger charge is -2.15. The number of thioether (sulfide) groups is 1. The number of nitrogens with one attached hydrogen (secondary N) is 1. The lowest BCUT2D eigenvalue weighted by atomic mass is 10.1. The summed E-state index contributed by atoms with van der Waals surface area (Å²) in [5.74, 6) is -0.793. The third-order valence-electron chi connectivity index (χ3n) is 2.44. The summed E-state index contributed by atoms with van der Waals surface area (Å²) >= 11 is 0.636. The van der Waals surface area contributed by atoms with Crippen molar-refractivity contribution in [3.8, 4) is 6.07 Å². The highest BCUT2D eigenvalue weighted by Gasteiger charge is 2.36. The van der Waals surface area contributed by atoms with Crippen LogP contribution in [0, 0.1) is 18.3 Å². The summed E-state index contributed by atoms with van der Waals surface area (Å²) in [5.41, 5.74) is 3.06. The number of hydrogen-bond donors (Lipinski definition) is 2. The van der Waals surface area contributed by atoms with Gasteiger partial charge < -0.3 is 5.73 Å². The third-order valence-corrected chi connectivity index (χ3v) is 3.52. The van der Waals surface area contributed by atoms with Crippen LogP contribution < -0.4 is 11.1 Å². The molecule has 0 bridgehead atoms. The van der Waals surface area contributed by atoms with Gasteiger partial charge in [0.25, 0.3) is 0 Å². The number of nitrogens with two attached hydrogens (primary N) is 1. The molecule has 0 saturated heterocycles. The summed E-state index contributed by atoms with van der Waals surface area (Å²) in [6.07, 6.45) is -4.72. The molecule has 0 radical (unpaired) electrons. The molecule has 0 aliphatic carbocycles. The molecule has 1 rings (SSSR count). The molecule has 1 aromatic rings. The van der Waals surface area contributed by atoms with Crippen LogP contribution in [0.15, 0.2) is 11.1 Å². The Bertz CT molecular complexity index is 655. The Morgan fingerprint density at radius 1 is 1.50 bits per heavy atom. The van der Waals surface area contributed by atoms with Crippen molar-refractivity contribution >= 4 is 23.7 Å². The van der Waals surface area contributed by atoms with E-state index in [2.05, 4.69) is 4.98 Å². The molecule has 10 heteroatoms. The van der Waals surface area contributed by atoms with E-state index in [1.807, 2.05) is 0 Å². The van der Waals surface area contributed by atoms with Gasteiger partial charge in [0.15, 0.2) is 0 Å². The number of pyridine rings is 1. The van der Waals surface area contributed by atoms with Crippen LogP contribution in [0.25, 0.3) is 0 Å². The number of aromatic nitrogens is 1. The maximum Gasteiger partial charge on any atom is 0.417 e. The van der Waals surface area contributed by atoms with Gasteiger partial charge in [-0.05, 0) is 19.9 Å². The fourth-order valence-electron chi connectivity index (χ4n) is 1.51. The number of primary amides is 1. The topological polar surface area (TPSA) is 109 Å². The summed E-state index contributed by atoms with van der Waals surface area (Å²) in [7, 11) is 0. The average Bonchev–Trinajstić information content (AvgIpc) is 2.36. The first kappa shape index (κ1) is 17.8. The van der Waals surface area contributed by atoms with E-state index in [1.54, 1.807) is 5.32 Å². The Morgan fingerprint density at radius 3 is 2.55 bits per heavy atom. The molecule has 0 saturated carbocycles. The van der Waals surface area contributed by atoms with Gasteiger partial charge in [0, 0.05) is 5.69 Å². The van der Waals surface area contributed by atoms with Gasteiger partial charge in [0.2, 0.25) is 5.91 Å². The Hall–Kier alpha value is -2.28. The first-order valence-electron chi connectivity index (χ1n) is 5.82. The Labute approximate surface area is 127 Å². The number of urea groups is 1. The van der Waals surface area contributed by atoms with Crippen LogP contribution in [0.1, 0.15) is 23.7 Å². The fraction of sp³-hybridized carbons (Fsp3) is 0.333. The molecule has 0 aromatic carbocycles. The highest BCUT2D eigenvalue weighted by atomic mass is 32.2. The number of amides is 3. The van der Waals surface area contributed by atoms with Gasteiger partial charge in [0.05, 0.1) is 16.4 Å². The van der Waals surface area contributed by atoms with Gasteiger partial charge in [-0.1, -0.05) is 11.8 Å². The lowest BCUT2D eigenvalue weighted by Crippen LogP contribution is -2.39. The van der Waals surface area contributed by atoms with E-state index < -0.39 is 34.5 Å². The molecule has 1 heterocycles. The van der Waals surface area contributed by atoms with Crippen LogP contribution in [-0.2, 0) is 11.0 Å². The lowest BCUT2D eigenvalue weighted by molar-refractivity contribution is -0.138. The molecule has 1 atom stereocenters. The molecular weight excluding hydrogens is 321 g/mol. The zero-order chi connectivity index (χ0) is 17.1. The van der Waals surface area contributed by atoms with Crippen LogP contribution in [-0.4, -0.2) is 22.2 Å². The van der Waals surface area contributed by atoms with Crippen molar-refractivity contribution in [3.63, 3.8) is 0 Å². The SMILES string of the molecule is Cc1cc(C(F)(F)F)c(C#N)c(SC(C)C(=O)NC(N)=O)n1. The minimum absolute atomic E-state index is 0.0522. The molecule has 3 N–H and O–H groups in total. The zero-order valence-electron chi connectivity index (χ0n) is 11.5. The molecule has 0 aliphatic heterocycles. The number of halogens is 3. The van der Waals surface area contributed by atoms with Gasteiger partial charge in [0.1, 0.15) is 11.1 Å². The van der Waals surface area contributed by atoms with Crippen molar-refractivity contribution in [1.29, 1.82) is 5.26 Å². The summed E-state index contributed by atoms with van der Waals surface area (Å²) in [6, 6.07) is 1.14. The van der Waals surface area contributed by atoms with Crippen LogP contribution in [0.2, 0.25) is 0 Å². The van der Waals surface area contributed by atoms with Crippen LogP contribution in [0.4, 0.5) is 18.0 Å². The minimum Gasteiger partial charge on any atom is -0.351 e. The summed E-state index contributed by atoms with van der Waals surface area (Å²) in [6.45, 7) is 2.69. The van der Waals surface area contributed by atoms with Gasteiger partial charge in [-0.15, -0.1) is 0 Å². The molecule has 1 aromatic heterocycles. The second kappa shape index (κ2) is 6.65. The van der Waals surface area contributed by atoms with Crippen molar-refractivity contribution in [1.82, 2.24) is 10.3 Å². The first-order chi connectivity index (χ1) is 10.1. The standard InChI is InChI=1S/C12H11F3N4O2S/c1-5-3-8(12(13,14)15)7(4-16)10(18-5)22-6(2)9(20)19-11(17)21/h3,6H,1-2H3,(H3,17,19,20,21). The number of aryl methyl sites for hydroxylation is 1. The summed E-state index contributed by atoms with van der Waals surface area (Å²) in [4.78, 5) is 26.0. The molecule has 0 fully saturated rings. The quantitative estimate of drug-likeness (QED) is 0.822. The molecule has 0 aliphatic rings. The number of alkyl halides is 3. The number of hydrogen-bond acceptors (Lipinski definition) is 5. The van der Waals surface area contributed by atoms with E-state index in [4.69, 9.17) is 11.0 Å². The highest BCUT2D eigenvalue weighted by Crippen LogP contribution is 2.36. The number of carbonyl (C=O) groups is 2. The Kier molecular flexibility index (Phi) is 5.38. The average molecular weight is 332 g/mol. The predicted octanol–water partition coefficient (Wildman–Crippen LogP) is 1.96. The molecule has 0 spiro atoms. The van der Waals surface area contributed by atoms with Crippen molar-refractivity contribution in [3.05, 3.63) is 22.9 Å². The largest absolute Gasteiger partial charge is 0.417 e. The Balaban J connectivity index is 3.20. The van der Waals surface area contributed by atoms with E-state index in [1.165, 1.54) is 19.9 Å². The van der Waals surface area contributed by atoms with Gasteiger partial charge in [-0.2, -0.15) is 18.4 Å². The van der Waals surface area contributed by atoms with E-state index >= 15 is 0 Å². The van der Waals surface area contributed by atoms with Gasteiger partial charge in [-0.25, -0.2) is 9.78 Å². The fourth-order valence-corrected chi connectivity index (χ4v) is 2.48. The predicted molar refractivity (Wildman–Crippen MR) is 71.7 cm³/mol. The van der Waals surface area contributed by atoms with Crippen molar-refractivity contribution in [2.24, 2.45) is 5.73 Å². The van der Waals surface area contributed by atoms with E-state index in [-0.39, 0.29) is 10.7 Å². The maximum atomic E-state index is 12.9. The number of carbonyl (C=O) groups excluding carboxylic acids is 2. The summed E-state index contributed by atoms with van der Waals surface area (Å²) < 4.78 is 38.8. The third kappa shape index (κ3) is 4.36. The molecule has 118 valence electrons. The number of imide groups is 1. The maximum absolute atomic E-state index is 12.9. The van der Waals surface area contributed by atoms with Crippen molar-refractivity contribution < 1.29 is 22.8 Å². The zero-order valence-corrected chi connectivity index (χ0v) is 12.3. The van der Waals surface area contributed by atoms with Crippen molar-refractivity contribution in [2.45, 2.75) is 30.3 Å². The van der Waals surface area contributed by atoms with E-state index in [0.29, 0.717) is 11.8 Å². The van der Waals surface area contributed by atoms with Gasteiger partial charge >= 0.3 is 12.2 Å². The minimum atomic E-state index is -4.72. The molecule has 6 nitrogen and oxygen atoms in total. The van der Waals surface area contributed by atoms with Crippen LogP contribution >= 0.6 is 11.8 Å². The number of nitriles is 1. The van der Waals surface area contributed by atoms with E-state index in [9.17, 15) is 22.8 Å². The molecule has 1 unspecified atom stereocenters. The number of nitrogens with zero attached hydrogens (tertiary/aromatic N) is 2. The second-order valence-electron chi connectivity index (χ2n) is 4.21. The Morgan fingerprint density at radius 2 is 2.09 bits per heavy atom. The monoisotopic (exact) mass is 332 g/mol. The summed E-state index contributed by atoms with van der Waals surface area (Å²) in [5, 5.41) is 9.58.